The second-order valence-electron chi connectivity index (χ2n) is 4.63. The Morgan fingerprint density at radius 1 is 1.05 bits per heavy atom. The minimum Gasteiger partial charge on any atom is -0.493 e. The number of aromatic nitrogens is 1. The average Bonchev–Trinajstić information content (AvgIpc) is 2.62. The SMILES string of the molecule is COC1=CCc2c(c3ccccc3n2C)C=C1OC. The van der Waals surface area contributed by atoms with E-state index in [0.29, 0.717) is 0 Å². The largest absolute Gasteiger partial charge is 0.493 e. The fourth-order valence-electron chi connectivity index (χ4n) is 2.72. The van der Waals surface area contributed by atoms with Gasteiger partial charge in [-0.15, -0.1) is 0 Å². The summed E-state index contributed by atoms with van der Waals surface area (Å²) in [6.07, 6.45) is 4.98. The minimum absolute atomic E-state index is 0.776. The summed E-state index contributed by atoms with van der Waals surface area (Å²) in [6, 6.07) is 8.43. The number of ether oxygens (including phenoxy) is 2. The van der Waals surface area contributed by atoms with E-state index in [2.05, 4.69) is 48.0 Å². The predicted octanol–water partition coefficient (Wildman–Crippen LogP) is 3.25. The lowest BCUT2D eigenvalue weighted by atomic mass is 10.1. The molecular weight excluding hydrogens is 238 g/mol. The summed E-state index contributed by atoms with van der Waals surface area (Å²) >= 11 is 0. The average molecular weight is 255 g/mol. The van der Waals surface area contributed by atoms with E-state index in [1.54, 1.807) is 14.2 Å². The third-order valence-electron chi connectivity index (χ3n) is 3.71. The summed E-state index contributed by atoms with van der Waals surface area (Å²) < 4.78 is 13.1. The molecule has 98 valence electrons. The van der Waals surface area contributed by atoms with E-state index < -0.39 is 0 Å². The molecule has 0 fully saturated rings. The number of benzene rings is 1. The third kappa shape index (κ3) is 1.73. The van der Waals surface area contributed by atoms with Gasteiger partial charge in [-0.3, -0.25) is 0 Å². The smallest absolute Gasteiger partial charge is 0.161 e. The Balaban J connectivity index is 2.29. The summed E-state index contributed by atoms with van der Waals surface area (Å²) in [6.45, 7) is 0. The van der Waals surface area contributed by atoms with Gasteiger partial charge in [-0.2, -0.15) is 0 Å². The number of nitrogens with zero attached hydrogens (tertiary/aromatic N) is 1. The predicted molar refractivity (Wildman–Crippen MR) is 76.7 cm³/mol. The van der Waals surface area contributed by atoms with Crippen molar-refractivity contribution in [2.24, 2.45) is 7.05 Å². The van der Waals surface area contributed by atoms with Crippen LogP contribution in [0.3, 0.4) is 0 Å². The third-order valence-corrected chi connectivity index (χ3v) is 3.71. The molecular formula is C16H17NO2. The van der Waals surface area contributed by atoms with Crippen LogP contribution in [0.15, 0.2) is 41.9 Å². The fourth-order valence-corrected chi connectivity index (χ4v) is 2.72. The topological polar surface area (TPSA) is 23.4 Å². The number of para-hydroxylation sites is 1. The molecule has 19 heavy (non-hydrogen) atoms. The summed E-state index contributed by atoms with van der Waals surface area (Å²) in [5, 5.41) is 1.25. The quantitative estimate of drug-likeness (QED) is 0.822. The van der Waals surface area contributed by atoms with Gasteiger partial charge in [0.2, 0.25) is 0 Å². The highest BCUT2D eigenvalue weighted by molar-refractivity contribution is 5.92. The first-order chi connectivity index (χ1) is 9.26. The number of rotatable bonds is 2. The van der Waals surface area contributed by atoms with E-state index in [1.165, 1.54) is 22.2 Å². The fraction of sp³-hybridized carbons (Fsp3) is 0.250. The molecule has 0 radical (unpaired) electrons. The van der Waals surface area contributed by atoms with Gasteiger partial charge < -0.3 is 14.0 Å². The summed E-state index contributed by atoms with van der Waals surface area (Å²) in [5.74, 6) is 1.57. The zero-order valence-electron chi connectivity index (χ0n) is 11.4. The van der Waals surface area contributed by atoms with Gasteiger partial charge in [0.1, 0.15) is 0 Å². The zero-order valence-corrected chi connectivity index (χ0v) is 11.4. The highest BCUT2D eigenvalue weighted by Crippen LogP contribution is 2.32. The van der Waals surface area contributed by atoms with Gasteiger partial charge in [0.15, 0.2) is 11.5 Å². The molecule has 2 aromatic rings. The Morgan fingerprint density at radius 2 is 1.79 bits per heavy atom. The second-order valence-corrected chi connectivity index (χ2v) is 4.63. The number of methoxy groups -OCH3 is 2. The second kappa shape index (κ2) is 4.50. The first-order valence-electron chi connectivity index (χ1n) is 6.32. The van der Waals surface area contributed by atoms with E-state index >= 15 is 0 Å². The molecule has 3 nitrogen and oxygen atoms in total. The van der Waals surface area contributed by atoms with Crippen LogP contribution in [0.5, 0.6) is 0 Å². The molecule has 3 heteroatoms. The Morgan fingerprint density at radius 3 is 2.53 bits per heavy atom. The molecule has 0 bridgehead atoms. The van der Waals surface area contributed by atoms with Crippen molar-refractivity contribution in [3.8, 4) is 0 Å². The van der Waals surface area contributed by atoms with Crippen molar-refractivity contribution in [2.45, 2.75) is 6.42 Å². The molecule has 1 aliphatic carbocycles. The number of hydrogen-bond donors (Lipinski definition) is 0. The molecule has 0 spiro atoms. The molecule has 1 aromatic carbocycles. The van der Waals surface area contributed by atoms with Crippen molar-refractivity contribution >= 4 is 17.0 Å². The molecule has 0 saturated heterocycles. The highest BCUT2D eigenvalue weighted by atomic mass is 16.5. The van der Waals surface area contributed by atoms with E-state index in [0.717, 1.165) is 17.9 Å². The van der Waals surface area contributed by atoms with Crippen molar-refractivity contribution in [2.75, 3.05) is 14.2 Å². The van der Waals surface area contributed by atoms with Crippen molar-refractivity contribution in [3.63, 3.8) is 0 Å². The van der Waals surface area contributed by atoms with Crippen LogP contribution < -0.4 is 0 Å². The lowest BCUT2D eigenvalue weighted by molar-refractivity contribution is 0.222. The van der Waals surface area contributed by atoms with Crippen LogP contribution in [0.25, 0.3) is 17.0 Å². The zero-order chi connectivity index (χ0) is 13.4. The highest BCUT2D eigenvalue weighted by Gasteiger charge is 2.18. The Kier molecular flexibility index (Phi) is 2.82. The van der Waals surface area contributed by atoms with Crippen LogP contribution >= 0.6 is 0 Å². The maximum atomic E-state index is 5.45. The van der Waals surface area contributed by atoms with Gasteiger partial charge in [0.25, 0.3) is 0 Å². The molecule has 0 aliphatic heterocycles. The van der Waals surface area contributed by atoms with Gasteiger partial charge in [0.05, 0.1) is 14.2 Å². The van der Waals surface area contributed by atoms with Crippen LogP contribution in [0.4, 0.5) is 0 Å². The molecule has 0 saturated carbocycles. The maximum Gasteiger partial charge on any atom is 0.161 e. The van der Waals surface area contributed by atoms with Gasteiger partial charge in [-0.25, -0.2) is 0 Å². The van der Waals surface area contributed by atoms with Gasteiger partial charge in [-0.1, -0.05) is 18.2 Å². The summed E-state index contributed by atoms with van der Waals surface area (Å²) in [4.78, 5) is 0. The van der Waals surface area contributed by atoms with E-state index in [-0.39, 0.29) is 0 Å². The molecule has 0 atom stereocenters. The summed E-state index contributed by atoms with van der Waals surface area (Å²) in [5.41, 5.74) is 3.74. The monoisotopic (exact) mass is 255 g/mol. The Labute approximate surface area is 112 Å². The van der Waals surface area contributed by atoms with Crippen molar-refractivity contribution in [1.82, 2.24) is 4.57 Å². The summed E-state index contributed by atoms with van der Waals surface area (Å²) in [7, 11) is 5.45. The lowest BCUT2D eigenvalue weighted by Crippen LogP contribution is -1.96. The number of allylic oxidation sites excluding steroid dienone is 1. The Hall–Kier alpha value is -2.16. The van der Waals surface area contributed by atoms with E-state index in [9.17, 15) is 0 Å². The molecule has 1 heterocycles. The first kappa shape index (κ1) is 11.9. The number of hydrogen-bond acceptors (Lipinski definition) is 2. The van der Waals surface area contributed by atoms with E-state index in [1.807, 2.05) is 0 Å². The van der Waals surface area contributed by atoms with Crippen molar-refractivity contribution in [3.05, 3.63) is 53.1 Å². The molecule has 0 N–H and O–H groups in total. The number of aryl methyl sites for hydroxylation is 1. The van der Waals surface area contributed by atoms with Gasteiger partial charge in [-0.05, 0) is 18.2 Å². The first-order valence-corrected chi connectivity index (χ1v) is 6.32. The maximum absolute atomic E-state index is 5.45. The minimum atomic E-state index is 0.776. The van der Waals surface area contributed by atoms with Crippen LogP contribution in [0.2, 0.25) is 0 Å². The lowest BCUT2D eigenvalue weighted by Gasteiger charge is -2.08. The molecule has 0 unspecified atom stereocenters. The van der Waals surface area contributed by atoms with Crippen LogP contribution in [0, 0.1) is 0 Å². The van der Waals surface area contributed by atoms with Crippen LogP contribution in [-0.2, 0) is 22.9 Å². The van der Waals surface area contributed by atoms with Crippen LogP contribution in [0.1, 0.15) is 11.3 Å². The van der Waals surface area contributed by atoms with Crippen LogP contribution in [-0.4, -0.2) is 18.8 Å². The van der Waals surface area contributed by atoms with Gasteiger partial charge in [0, 0.05) is 35.6 Å². The standard InChI is InChI=1S/C16H17NO2/c1-17-13-7-5-4-6-11(13)12-10-16(19-3)15(18-2)9-8-14(12)17/h4-7,9-10H,8H2,1-3H3. The van der Waals surface area contributed by atoms with Crippen molar-refractivity contribution < 1.29 is 9.47 Å². The molecule has 0 amide bonds. The molecule has 1 aromatic heterocycles. The normalized spacial score (nSPS) is 14.5. The number of fused-ring (bicyclic) bond motifs is 3. The molecule has 1 aliphatic rings. The Bertz CT molecular complexity index is 692. The van der Waals surface area contributed by atoms with Crippen molar-refractivity contribution in [1.29, 1.82) is 0 Å². The van der Waals surface area contributed by atoms with E-state index in [4.69, 9.17) is 9.47 Å². The molecule has 3 rings (SSSR count). The van der Waals surface area contributed by atoms with Gasteiger partial charge >= 0.3 is 0 Å².